The molecule has 162 valence electrons. The largest absolute Gasteiger partial charge is 0.351 e. The zero-order valence-electron chi connectivity index (χ0n) is 17.7. The summed E-state index contributed by atoms with van der Waals surface area (Å²) < 4.78 is 15.1. The summed E-state index contributed by atoms with van der Waals surface area (Å²) in [6, 6.07) is 18.8. The number of carbonyl (C=O) groups excluding carboxylic acids is 2. The Kier molecular flexibility index (Phi) is 6.28. The van der Waals surface area contributed by atoms with Crippen LogP contribution in [0, 0.1) is 12.7 Å². The number of aryl methyl sites for hydroxylation is 1. The molecule has 7 heteroatoms. The molecule has 1 aromatic heterocycles. The Hall–Kier alpha value is -3.58. The first-order valence-electron chi connectivity index (χ1n) is 10.2. The summed E-state index contributed by atoms with van der Waals surface area (Å²) in [5.74, 6) is -1.51. The number of hydrogen-bond donors (Lipinski definition) is 2. The van der Waals surface area contributed by atoms with Crippen LogP contribution < -0.4 is 10.6 Å². The van der Waals surface area contributed by atoms with E-state index in [0.29, 0.717) is 23.4 Å². The summed E-state index contributed by atoms with van der Waals surface area (Å²) >= 11 is 1.61. The van der Waals surface area contributed by atoms with Crippen molar-refractivity contribution in [3.05, 3.63) is 94.2 Å². The number of aromatic nitrogens is 1. The minimum Gasteiger partial charge on any atom is -0.351 e. The van der Waals surface area contributed by atoms with Crippen molar-refractivity contribution in [1.29, 1.82) is 0 Å². The van der Waals surface area contributed by atoms with Crippen molar-refractivity contribution < 1.29 is 14.0 Å². The molecule has 4 aromatic rings. The van der Waals surface area contributed by atoms with Crippen LogP contribution in [-0.2, 0) is 0 Å². The Morgan fingerprint density at radius 1 is 0.969 bits per heavy atom. The molecule has 5 nitrogen and oxygen atoms in total. The number of fused-ring (bicyclic) bond motifs is 1. The van der Waals surface area contributed by atoms with E-state index in [9.17, 15) is 14.0 Å². The van der Waals surface area contributed by atoms with Crippen LogP contribution in [0.3, 0.4) is 0 Å². The van der Waals surface area contributed by atoms with Gasteiger partial charge < -0.3 is 10.6 Å². The molecular formula is C25H22FN3O2S. The summed E-state index contributed by atoms with van der Waals surface area (Å²) in [6.07, 6.45) is 0. The summed E-state index contributed by atoms with van der Waals surface area (Å²) in [5.41, 5.74) is 2.27. The van der Waals surface area contributed by atoms with Crippen LogP contribution in [0.2, 0.25) is 0 Å². The van der Waals surface area contributed by atoms with Gasteiger partial charge in [-0.25, -0.2) is 9.37 Å². The molecule has 0 radical (unpaired) electrons. The van der Waals surface area contributed by atoms with E-state index in [2.05, 4.69) is 15.6 Å². The molecule has 0 spiro atoms. The fourth-order valence-corrected chi connectivity index (χ4v) is 4.40. The van der Waals surface area contributed by atoms with Crippen molar-refractivity contribution in [2.45, 2.75) is 19.8 Å². The Balaban J connectivity index is 1.49. The van der Waals surface area contributed by atoms with Crippen molar-refractivity contribution in [2.75, 3.05) is 11.9 Å². The molecule has 1 heterocycles. The number of para-hydroxylation sites is 2. The topological polar surface area (TPSA) is 71.1 Å². The highest BCUT2D eigenvalue weighted by Gasteiger charge is 2.19. The first-order valence-corrected chi connectivity index (χ1v) is 11.0. The van der Waals surface area contributed by atoms with Crippen LogP contribution in [0.15, 0.2) is 66.7 Å². The standard InChI is InChI=1S/C25H22FN3O2S/c1-15-8-7-10-18(22(15)29-24(31)17-9-3-4-11-19(17)26)23(30)27-14-16(2)25-28-20-12-5-6-13-21(20)32-25/h3-13,16H,14H2,1-2H3,(H,27,30)(H,29,31). The molecular weight excluding hydrogens is 425 g/mol. The number of thiazole rings is 1. The Bertz CT molecular complexity index is 1270. The van der Waals surface area contributed by atoms with Crippen molar-refractivity contribution >= 4 is 39.1 Å². The van der Waals surface area contributed by atoms with Crippen LogP contribution in [0.1, 0.15) is 44.1 Å². The van der Waals surface area contributed by atoms with E-state index in [0.717, 1.165) is 15.2 Å². The summed E-state index contributed by atoms with van der Waals surface area (Å²) in [7, 11) is 0. The molecule has 4 rings (SSSR count). The maximum absolute atomic E-state index is 14.0. The van der Waals surface area contributed by atoms with E-state index < -0.39 is 11.7 Å². The average molecular weight is 448 g/mol. The highest BCUT2D eigenvalue weighted by molar-refractivity contribution is 7.18. The van der Waals surface area contributed by atoms with Gasteiger partial charge in [-0.3, -0.25) is 9.59 Å². The monoisotopic (exact) mass is 447 g/mol. The predicted octanol–water partition coefficient (Wildman–Crippen LogP) is 5.53. The molecule has 1 atom stereocenters. The lowest BCUT2D eigenvalue weighted by atomic mass is 10.1. The van der Waals surface area contributed by atoms with Crippen LogP contribution in [0.4, 0.5) is 10.1 Å². The van der Waals surface area contributed by atoms with E-state index in [1.807, 2.05) is 31.2 Å². The summed E-state index contributed by atoms with van der Waals surface area (Å²) in [6.45, 7) is 4.19. The van der Waals surface area contributed by atoms with Crippen molar-refractivity contribution in [3.63, 3.8) is 0 Å². The van der Waals surface area contributed by atoms with Gasteiger partial charge in [0.15, 0.2) is 0 Å². The molecule has 0 aliphatic rings. The molecule has 0 aliphatic heterocycles. The lowest BCUT2D eigenvalue weighted by molar-refractivity contribution is 0.0952. The third-order valence-corrected chi connectivity index (χ3v) is 6.44. The lowest BCUT2D eigenvalue weighted by Crippen LogP contribution is -2.29. The summed E-state index contributed by atoms with van der Waals surface area (Å²) in [4.78, 5) is 30.2. The lowest BCUT2D eigenvalue weighted by Gasteiger charge is -2.15. The molecule has 32 heavy (non-hydrogen) atoms. The SMILES string of the molecule is Cc1cccc(C(=O)NCC(C)c2nc3ccccc3s2)c1NC(=O)c1ccccc1F. The number of benzene rings is 3. The maximum atomic E-state index is 14.0. The minimum absolute atomic E-state index is 0.0256. The fraction of sp³-hybridized carbons (Fsp3) is 0.160. The van der Waals surface area contributed by atoms with Crippen molar-refractivity contribution in [3.8, 4) is 0 Å². The molecule has 0 fully saturated rings. The second kappa shape index (κ2) is 9.28. The van der Waals surface area contributed by atoms with Crippen LogP contribution in [0.5, 0.6) is 0 Å². The number of nitrogens with one attached hydrogen (secondary N) is 2. The molecule has 0 saturated carbocycles. The molecule has 3 aromatic carbocycles. The normalized spacial score (nSPS) is 11.8. The average Bonchev–Trinajstić information content (AvgIpc) is 3.23. The third kappa shape index (κ3) is 4.53. The number of amides is 2. The van der Waals surface area contributed by atoms with Gasteiger partial charge in [-0.2, -0.15) is 0 Å². The van der Waals surface area contributed by atoms with Gasteiger partial charge >= 0.3 is 0 Å². The first kappa shape index (κ1) is 21.6. The Morgan fingerprint density at radius 3 is 2.47 bits per heavy atom. The number of carbonyl (C=O) groups is 2. The van der Waals surface area contributed by atoms with Crippen LogP contribution in [0.25, 0.3) is 10.2 Å². The number of nitrogens with zero attached hydrogens (tertiary/aromatic N) is 1. The Labute approximate surface area is 189 Å². The number of hydrogen-bond acceptors (Lipinski definition) is 4. The first-order chi connectivity index (χ1) is 15.4. The highest BCUT2D eigenvalue weighted by Crippen LogP contribution is 2.27. The van der Waals surface area contributed by atoms with E-state index in [1.165, 1.54) is 18.2 Å². The predicted molar refractivity (Wildman–Crippen MR) is 126 cm³/mol. The Morgan fingerprint density at radius 2 is 1.69 bits per heavy atom. The number of halogens is 1. The number of anilines is 1. The molecule has 2 amide bonds. The highest BCUT2D eigenvalue weighted by atomic mass is 32.1. The van der Waals surface area contributed by atoms with E-state index in [-0.39, 0.29) is 17.4 Å². The fourth-order valence-electron chi connectivity index (χ4n) is 3.38. The van der Waals surface area contributed by atoms with Gasteiger partial charge in [-0.05, 0) is 42.8 Å². The van der Waals surface area contributed by atoms with Gasteiger partial charge in [0.1, 0.15) is 5.82 Å². The van der Waals surface area contributed by atoms with Gasteiger partial charge in [-0.1, -0.05) is 43.3 Å². The van der Waals surface area contributed by atoms with Gasteiger partial charge in [0.05, 0.1) is 32.0 Å². The van der Waals surface area contributed by atoms with Gasteiger partial charge in [0.2, 0.25) is 0 Å². The molecule has 1 unspecified atom stereocenters. The summed E-state index contributed by atoms with van der Waals surface area (Å²) in [5, 5.41) is 6.59. The molecule has 2 N–H and O–H groups in total. The zero-order valence-corrected chi connectivity index (χ0v) is 18.5. The van der Waals surface area contributed by atoms with Crippen molar-refractivity contribution in [2.24, 2.45) is 0 Å². The van der Waals surface area contributed by atoms with Crippen molar-refractivity contribution in [1.82, 2.24) is 10.3 Å². The van der Waals surface area contributed by atoms with Gasteiger partial charge in [0.25, 0.3) is 11.8 Å². The smallest absolute Gasteiger partial charge is 0.258 e. The van der Waals surface area contributed by atoms with Crippen LogP contribution >= 0.6 is 11.3 Å². The maximum Gasteiger partial charge on any atom is 0.258 e. The quantitative estimate of drug-likeness (QED) is 0.408. The van der Waals surface area contributed by atoms with E-state index >= 15 is 0 Å². The van der Waals surface area contributed by atoms with Crippen LogP contribution in [-0.4, -0.2) is 23.3 Å². The second-order valence-electron chi connectivity index (χ2n) is 7.56. The minimum atomic E-state index is -0.616. The zero-order chi connectivity index (χ0) is 22.7. The van der Waals surface area contributed by atoms with Gasteiger partial charge in [-0.15, -0.1) is 11.3 Å². The molecule has 0 aliphatic carbocycles. The van der Waals surface area contributed by atoms with E-state index in [1.54, 1.807) is 42.5 Å². The molecule has 0 saturated heterocycles. The van der Waals surface area contributed by atoms with E-state index in [4.69, 9.17) is 0 Å². The number of rotatable bonds is 6. The molecule has 0 bridgehead atoms. The van der Waals surface area contributed by atoms with Gasteiger partial charge in [0, 0.05) is 12.5 Å². The third-order valence-electron chi connectivity index (χ3n) is 5.18. The second-order valence-corrected chi connectivity index (χ2v) is 8.62.